The molecule has 0 saturated heterocycles. The summed E-state index contributed by atoms with van der Waals surface area (Å²) in [6, 6.07) is 8.71. The number of nitrogens with one attached hydrogen (secondary N) is 1. The molecule has 3 heterocycles. The van der Waals surface area contributed by atoms with E-state index in [0.717, 1.165) is 0 Å². The second-order valence-corrected chi connectivity index (χ2v) is 6.31. The highest BCUT2D eigenvalue weighted by atomic mass is 127. The fraction of sp³-hybridized carbons (Fsp3) is 0.316. The molecule has 0 spiro atoms. The van der Waals surface area contributed by atoms with Crippen molar-refractivity contribution in [1.29, 1.82) is 0 Å². The van der Waals surface area contributed by atoms with Crippen molar-refractivity contribution in [3.63, 3.8) is 0 Å². The largest absolute Gasteiger partial charge is 0.452 e. The van der Waals surface area contributed by atoms with Crippen LogP contribution in [-0.2, 0) is 7.05 Å². The Hall–Kier alpha value is -2.87. The van der Waals surface area contributed by atoms with Crippen LogP contribution in [-0.4, -0.2) is 50.1 Å². The number of aromatic amines is 1. The summed E-state index contributed by atoms with van der Waals surface area (Å²) in [4.78, 5) is 14.8. The normalized spacial score (nSPS) is 11.0. The summed E-state index contributed by atoms with van der Waals surface area (Å²) in [5.41, 5.74) is 0.866. The number of H-pyrrole nitrogens is 1. The van der Waals surface area contributed by atoms with Gasteiger partial charge in [0.1, 0.15) is 0 Å². The number of nitrogens with zero attached hydrogens (tertiary/aromatic N) is 8. The zero-order chi connectivity index (χ0) is 23.7. The van der Waals surface area contributed by atoms with Crippen LogP contribution >= 0.6 is 34.2 Å². The number of benzene rings is 1. The third-order valence-electron chi connectivity index (χ3n) is 3.87. The Morgan fingerprint density at radius 3 is 2.59 bits per heavy atom. The highest BCUT2D eigenvalue weighted by molar-refractivity contribution is 14.1. The fourth-order valence-corrected chi connectivity index (χ4v) is 2.66. The average molecular weight is 572 g/mol. The van der Waals surface area contributed by atoms with Crippen LogP contribution in [0.4, 0.5) is 0 Å². The molecule has 3 aromatic heterocycles. The molecule has 0 radical (unpaired) electrons. The van der Waals surface area contributed by atoms with Crippen LogP contribution in [0.2, 0.25) is 5.02 Å². The molecule has 0 aliphatic rings. The van der Waals surface area contributed by atoms with Gasteiger partial charge in [-0.05, 0) is 35.3 Å². The standard InChI is InChI=1S/C16H14ClN9O2.C2H6.CH3I/c1-9(14-20-24-26(23-14)12-5-3-4-11(17)7-12)28-16-22-21-15(25(16)2)10-6-13(27)19-18-8-10;2*1-2/h3-9H,1-2H3,(H,19,27);1-2H3;1H3. The molecule has 0 saturated carbocycles. The van der Waals surface area contributed by atoms with Crippen LogP contribution < -0.4 is 10.3 Å². The highest BCUT2D eigenvalue weighted by Gasteiger charge is 2.19. The molecule has 1 N–H and O–H groups in total. The molecule has 1 aromatic carbocycles. The van der Waals surface area contributed by atoms with Crippen molar-refractivity contribution in [3.8, 4) is 23.1 Å². The summed E-state index contributed by atoms with van der Waals surface area (Å²) < 4.78 is 7.42. The number of rotatable bonds is 5. The van der Waals surface area contributed by atoms with E-state index in [9.17, 15) is 4.79 Å². The van der Waals surface area contributed by atoms with E-state index < -0.39 is 6.10 Å². The minimum atomic E-state index is -0.541. The zero-order valence-electron chi connectivity index (χ0n) is 18.2. The Kier molecular flexibility index (Phi) is 9.71. The maximum absolute atomic E-state index is 11.4. The molecular weight excluding hydrogens is 549 g/mol. The maximum atomic E-state index is 11.4. The Balaban J connectivity index is 0.000000860. The molecule has 4 aromatic rings. The van der Waals surface area contributed by atoms with Crippen molar-refractivity contribution in [2.45, 2.75) is 26.9 Å². The maximum Gasteiger partial charge on any atom is 0.317 e. The van der Waals surface area contributed by atoms with Crippen molar-refractivity contribution in [2.75, 3.05) is 4.93 Å². The SMILES string of the molecule is CC.CC(Oc1nnc(-c2cn[nH]c(=O)c2)n1C)c1nnn(-c2cccc(Cl)c2)n1.CI. The van der Waals surface area contributed by atoms with Gasteiger partial charge in [0, 0.05) is 23.7 Å². The second kappa shape index (κ2) is 12.2. The van der Waals surface area contributed by atoms with Crippen molar-refractivity contribution < 1.29 is 4.74 Å². The first-order valence-electron chi connectivity index (χ1n) is 9.56. The van der Waals surface area contributed by atoms with E-state index >= 15 is 0 Å². The monoisotopic (exact) mass is 571 g/mol. The Morgan fingerprint density at radius 2 is 1.91 bits per heavy atom. The summed E-state index contributed by atoms with van der Waals surface area (Å²) in [6.45, 7) is 5.77. The van der Waals surface area contributed by atoms with E-state index in [1.165, 1.54) is 17.1 Å². The smallest absolute Gasteiger partial charge is 0.317 e. The van der Waals surface area contributed by atoms with E-state index in [1.807, 2.05) is 24.8 Å². The first kappa shape index (κ1) is 25.4. The van der Waals surface area contributed by atoms with Gasteiger partial charge in [0.05, 0.1) is 11.9 Å². The number of hydrogen-bond donors (Lipinski definition) is 1. The molecule has 170 valence electrons. The summed E-state index contributed by atoms with van der Waals surface area (Å²) in [5.74, 6) is 0.804. The molecule has 0 aliphatic carbocycles. The summed E-state index contributed by atoms with van der Waals surface area (Å²) in [5, 5.41) is 27.1. The molecule has 13 heteroatoms. The average Bonchev–Trinajstić information content (AvgIpc) is 3.44. The van der Waals surface area contributed by atoms with Crippen LogP contribution in [0.5, 0.6) is 6.01 Å². The number of aromatic nitrogens is 9. The quantitative estimate of drug-likeness (QED) is 0.285. The van der Waals surface area contributed by atoms with Crippen LogP contribution in [0.15, 0.2) is 41.3 Å². The van der Waals surface area contributed by atoms with Crippen molar-refractivity contribution in [2.24, 2.45) is 7.05 Å². The first-order chi connectivity index (χ1) is 15.5. The lowest BCUT2D eigenvalue weighted by Crippen LogP contribution is -2.10. The Bertz CT molecular complexity index is 1190. The second-order valence-electron chi connectivity index (χ2n) is 5.88. The van der Waals surface area contributed by atoms with Crippen LogP contribution in [0.25, 0.3) is 17.1 Å². The van der Waals surface area contributed by atoms with Gasteiger partial charge in [-0.3, -0.25) is 9.36 Å². The molecule has 4 rings (SSSR count). The van der Waals surface area contributed by atoms with Crippen molar-refractivity contribution in [3.05, 3.63) is 57.7 Å². The number of tetrazole rings is 1. The van der Waals surface area contributed by atoms with Gasteiger partial charge in [0.25, 0.3) is 5.56 Å². The molecular formula is C19H23ClIN9O2. The number of halogens is 2. The molecule has 0 amide bonds. The third-order valence-corrected chi connectivity index (χ3v) is 4.11. The van der Waals surface area contributed by atoms with E-state index in [2.05, 4.69) is 58.4 Å². The molecule has 0 fully saturated rings. The van der Waals surface area contributed by atoms with Crippen LogP contribution in [0, 0.1) is 0 Å². The number of hydrogen-bond acceptors (Lipinski definition) is 8. The predicted octanol–water partition coefficient (Wildman–Crippen LogP) is 3.41. The molecule has 0 aliphatic heterocycles. The van der Waals surface area contributed by atoms with Crippen molar-refractivity contribution in [1.82, 2.24) is 45.2 Å². The van der Waals surface area contributed by atoms with Gasteiger partial charge in [0.2, 0.25) is 5.82 Å². The van der Waals surface area contributed by atoms with E-state index in [4.69, 9.17) is 16.3 Å². The molecule has 1 atom stereocenters. The highest BCUT2D eigenvalue weighted by Crippen LogP contribution is 2.22. The predicted molar refractivity (Wildman–Crippen MR) is 129 cm³/mol. The van der Waals surface area contributed by atoms with Gasteiger partial charge in [-0.15, -0.1) is 20.1 Å². The minimum absolute atomic E-state index is 0.238. The fourth-order valence-electron chi connectivity index (χ4n) is 2.48. The molecule has 1 unspecified atom stereocenters. The minimum Gasteiger partial charge on any atom is -0.452 e. The van der Waals surface area contributed by atoms with Gasteiger partial charge in [0.15, 0.2) is 11.9 Å². The lowest BCUT2D eigenvalue weighted by molar-refractivity contribution is 0.190. The summed E-state index contributed by atoms with van der Waals surface area (Å²) in [6.07, 6.45) is 0.942. The Labute approximate surface area is 203 Å². The third kappa shape index (κ3) is 6.09. The van der Waals surface area contributed by atoms with E-state index in [1.54, 1.807) is 36.7 Å². The van der Waals surface area contributed by atoms with Crippen LogP contribution in [0.1, 0.15) is 32.7 Å². The first-order valence-corrected chi connectivity index (χ1v) is 12.1. The summed E-state index contributed by atoms with van der Waals surface area (Å²) >= 11 is 8.14. The van der Waals surface area contributed by atoms with E-state index in [0.29, 0.717) is 27.9 Å². The molecule has 11 nitrogen and oxygen atoms in total. The van der Waals surface area contributed by atoms with Gasteiger partial charge in [-0.2, -0.15) is 5.10 Å². The molecule has 0 bridgehead atoms. The van der Waals surface area contributed by atoms with Crippen molar-refractivity contribution >= 4 is 34.2 Å². The lowest BCUT2D eigenvalue weighted by atomic mass is 10.3. The van der Waals surface area contributed by atoms with Gasteiger partial charge >= 0.3 is 6.01 Å². The van der Waals surface area contributed by atoms with Gasteiger partial charge in [-0.1, -0.05) is 59.2 Å². The topological polar surface area (TPSA) is 129 Å². The van der Waals surface area contributed by atoms with Gasteiger partial charge in [-0.25, -0.2) is 5.10 Å². The summed E-state index contributed by atoms with van der Waals surface area (Å²) in [7, 11) is 1.72. The van der Waals surface area contributed by atoms with Gasteiger partial charge < -0.3 is 4.74 Å². The lowest BCUT2D eigenvalue weighted by Gasteiger charge is -2.10. The zero-order valence-corrected chi connectivity index (χ0v) is 21.1. The number of alkyl halides is 1. The molecule has 32 heavy (non-hydrogen) atoms. The van der Waals surface area contributed by atoms with Crippen LogP contribution in [0.3, 0.4) is 0 Å². The van der Waals surface area contributed by atoms with E-state index in [-0.39, 0.29) is 11.6 Å². The Morgan fingerprint density at radius 1 is 1.16 bits per heavy atom. The number of ether oxygens (including phenoxy) is 1.